The van der Waals surface area contributed by atoms with E-state index >= 15 is 0 Å². The summed E-state index contributed by atoms with van der Waals surface area (Å²) in [5.74, 6) is 1.94. The van der Waals surface area contributed by atoms with Crippen molar-refractivity contribution in [3.8, 4) is 0 Å². The number of pyridine rings is 1. The normalized spacial score (nSPS) is 15.3. The van der Waals surface area contributed by atoms with Crippen LogP contribution >= 0.6 is 0 Å². The minimum atomic E-state index is 0.722. The van der Waals surface area contributed by atoms with E-state index in [-0.39, 0.29) is 0 Å². The van der Waals surface area contributed by atoms with Crippen LogP contribution in [0.1, 0.15) is 11.5 Å². The molecule has 1 aliphatic rings. The maximum atomic E-state index is 5.34. The van der Waals surface area contributed by atoms with Crippen LogP contribution in [0, 0.1) is 6.92 Å². The number of aryl methyl sites for hydroxylation is 1. The fourth-order valence-electron chi connectivity index (χ4n) is 2.23. The minimum absolute atomic E-state index is 0.722. The van der Waals surface area contributed by atoms with Gasteiger partial charge in [0.05, 0.1) is 43.5 Å². The molecule has 1 aliphatic heterocycles. The summed E-state index contributed by atoms with van der Waals surface area (Å²) in [6.07, 6.45) is 3.71. The molecule has 2 aromatic heterocycles. The molecular weight excluding hydrogens is 254 g/mol. The molecule has 0 bridgehead atoms. The van der Waals surface area contributed by atoms with Crippen LogP contribution in [0.4, 0.5) is 11.5 Å². The Hall–Kier alpha value is -2.08. The van der Waals surface area contributed by atoms with Gasteiger partial charge in [-0.3, -0.25) is 0 Å². The van der Waals surface area contributed by atoms with Gasteiger partial charge >= 0.3 is 0 Å². The maximum Gasteiger partial charge on any atom is 0.128 e. The van der Waals surface area contributed by atoms with Crippen LogP contribution in [-0.4, -0.2) is 41.3 Å². The third kappa shape index (κ3) is 3.08. The highest BCUT2D eigenvalue weighted by molar-refractivity contribution is 5.48. The van der Waals surface area contributed by atoms with Gasteiger partial charge in [0.25, 0.3) is 0 Å². The number of imidazole rings is 1. The Morgan fingerprint density at radius 1 is 1.25 bits per heavy atom. The van der Waals surface area contributed by atoms with Gasteiger partial charge in [0, 0.05) is 13.1 Å². The summed E-state index contributed by atoms with van der Waals surface area (Å²) in [6, 6.07) is 4.10. The summed E-state index contributed by atoms with van der Waals surface area (Å²) in [7, 11) is 0. The van der Waals surface area contributed by atoms with Crippen molar-refractivity contribution < 1.29 is 4.74 Å². The van der Waals surface area contributed by atoms with E-state index in [0.29, 0.717) is 0 Å². The Morgan fingerprint density at radius 3 is 2.75 bits per heavy atom. The third-order valence-corrected chi connectivity index (χ3v) is 3.32. The monoisotopic (exact) mass is 273 g/mol. The number of nitrogens with zero attached hydrogens (tertiary/aromatic N) is 3. The van der Waals surface area contributed by atoms with Crippen molar-refractivity contribution in [3.63, 3.8) is 0 Å². The Morgan fingerprint density at radius 2 is 2.10 bits per heavy atom. The fourth-order valence-corrected chi connectivity index (χ4v) is 2.23. The van der Waals surface area contributed by atoms with E-state index in [1.807, 2.05) is 25.4 Å². The van der Waals surface area contributed by atoms with Gasteiger partial charge in [-0.25, -0.2) is 9.97 Å². The van der Waals surface area contributed by atoms with Gasteiger partial charge in [0.1, 0.15) is 11.6 Å². The molecule has 106 valence electrons. The van der Waals surface area contributed by atoms with Crippen molar-refractivity contribution >= 4 is 11.5 Å². The Labute approximate surface area is 118 Å². The molecule has 0 amide bonds. The highest BCUT2D eigenvalue weighted by atomic mass is 16.5. The van der Waals surface area contributed by atoms with E-state index in [4.69, 9.17) is 4.74 Å². The Bertz CT molecular complexity index is 545. The smallest absolute Gasteiger partial charge is 0.128 e. The number of hydrogen-bond donors (Lipinski definition) is 2. The number of rotatable bonds is 4. The molecule has 6 heteroatoms. The van der Waals surface area contributed by atoms with Gasteiger partial charge < -0.3 is 19.9 Å². The van der Waals surface area contributed by atoms with Crippen molar-refractivity contribution in [2.75, 3.05) is 36.5 Å². The minimum Gasteiger partial charge on any atom is -0.378 e. The average molecular weight is 273 g/mol. The predicted molar refractivity (Wildman–Crippen MR) is 77.9 cm³/mol. The summed E-state index contributed by atoms with van der Waals surface area (Å²) >= 11 is 0. The first-order valence-corrected chi connectivity index (χ1v) is 6.84. The number of anilines is 2. The van der Waals surface area contributed by atoms with Gasteiger partial charge in [0.15, 0.2) is 0 Å². The van der Waals surface area contributed by atoms with E-state index in [1.165, 1.54) is 0 Å². The predicted octanol–water partition coefficient (Wildman–Crippen LogP) is 1.56. The molecule has 1 fully saturated rings. The first-order chi connectivity index (χ1) is 9.81. The molecule has 0 aromatic carbocycles. The number of ether oxygens (including phenoxy) is 1. The number of morpholine rings is 1. The van der Waals surface area contributed by atoms with Crippen LogP contribution in [0.3, 0.4) is 0 Å². The second-order valence-electron chi connectivity index (χ2n) is 4.85. The molecule has 0 spiro atoms. The molecule has 2 N–H and O–H groups in total. The van der Waals surface area contributed by atoms with Gasteiger partial charge in [-0.05, 0) is 19.1 Å². The van der Waals surface area contributed by atoms with Crippen molar-refractivity contribution in [1.29, 1.82) is 0 Å². The molecule has 0 saturated carbocycles. The zero-order valence-corrected chi connectivity index (χ0v) is 11.6. The van der Waals surface area contributed by atoms with Gasteiger partial charge in [-0.1, -0.05) is 0 Å². The molecule has 20 heavy (non-hydrogen) atoms. The molecule has 3 rings (SSSR count). The van der Waals surface area contributed by atoms with Crippen LogP contribution in [-0.2, 0) is 11.3 Å². The van der Waals surface area contributed by atoms with Crippen LogP contribution in [0.25, 0.3) is 0 Å². The van der Waals surface area contributed by atoms with Crippen LogP contribution in [0.15, 0.2) is 24.5 Å². The Balaban J connectivity index is 1.58. The van der Waals surface area contributed by atoms with Gasteiger partial charge in [-0.2, -0.15) is 0 Å². The Kier molecular flexibility index (Phi) is 3.83. The van der Waals surface area contributed by atoms with E-state index in [9.17, 15) is 0 Å². The molecule has 6 nitrogen and oxygen atoms in total. The zero-order valence-electron chi connectivity index (χ0n) is 11.6. The SMILES string of the molecule is Cc1ncc(CNc2ccc(N3CCOCC3)nc2)[nH]1. The second-order valence-corrected chi connectivity index (χ2v) is 4.85. The lowest BCUT2D eigenvalue weighted by Crippen LogP contribution is -2.36. The number of H-pyrrole nitrogens is 1. The first-order valence-electron chi connectivity index (χ1n) is 6.84. The number of nitrogens with one attached hydrogen (secondary N) is 2. The standard InChI is InChI=1S/C14H19N5O/c1-11-15-9-13(18-11)10-16-12-2-3-14(17-8-12)19-4-6-20-7-5-19/h2-3,8-9,16H,4-7,10H2,1H3,(H,15,18). The molecule has 2 aromatic rings. The summed E-state index contributed by atoms with van der Waals surface area (Å²) < 4.78 is 5.34. The number of aromatic amines is 1. The van der Waals surface area contributed by atoms with E-state index < -0.39 is 0 Å². The molecule has 0 radical (unpaired) electrons. The van der Waals surface area contributed by atoms with Crippen molar-refractivity contribution in [3.05, 3.63) is 36.0 Å². The summed E-state index contributed by atoms with van der Waals surface area (Å²) in [5.41, 5.74) is 2.08. The van der Waals surface area contributed by atoms with Crippen molar-refractivity contribution in [2.45, 2.75) is 13.5 Å². The maximum absolute atomic E-state index is 5.34. The highest BCUT2D eigenvalue weighted by Gasteiger charge is 2.11. The summed E-state index contributed by atoms with van der Waals surface area (Å²) in [4.78, 5) is 14.1. The summed E-state index contributed by atoms with van der Waals surface area (Å²) in [5, 5.41) is 3.33. The average Bonchev–Trinajstić information content (AvgIpc) is 2.92. The molecule has 3 heterocycles. The van der Waals surface area contributed by atoms with Gasteiger partial charge in [0.2, 0.25) is 0 Å². The highest BCUT2D eigenvalue weighted by Crippen LogP contribution is 2.15. The molecule has 1 saturated heterocycles. The molecular formula is C14H19N5O. The van der Waals surface area contributed by atoms with Gasteiger partial charge in [-0.15, -0.1) is 0 Å². The van der Waals surface area contributed by atoms with Crippen LogP contribution in [0.2, 0.25) is 0 Å². The molecule has 0 unspecified atom stereocenters. The van der Waals surface area contributed by atoms with E-state index in [0.717, 1.165) is 55.9 Å². The van der Waals surface area contributed by atoms with Crippen molar-refractivity contribution in [1.82, 2.24) is 15.0 Å². The lowest BCUT2D eigenvalue weighted by molar-refractivity contribution is 0.122. The molecule has 0 atom stereocenters. The van der Waals surface area contributed by atoms with Crippen LogP contribution in [0.5, 0.6) is 0 Å². The lowest BCUT2D eigenvalue weighted by atomic mass is 10.3. The lowest BCUT2D eigenvalue weighted by Gasteiger charge is -2.27. The number of hydrogen-bond acceptors (Lipinski definition) is 5. The quantitative estimate of drug-likeness (QED) is 0.885. The van der Waals surface area contributed by atoms with Crippen LogP contribution < -0.4 is 10.2 Å². The zero-order chi connectivity index (χ0) is 13.8. The second kappa shape index (κ2) is 5.92. The van der Waals surface area contributed by atoms with Crippen molar-refractivity contribution in [2.24, 2.45) is 0 Å². The fraction of sp³-hybridized carbons (Fsp3) is 0.429. The van der Waals surface area contributed by atoms with E-state index in [1.54, 1.807) is 0 Å². The molecule has 0 aliphatic carbocycles. The first kappa shape index (κ1) is 12.9. The topological polar surface area (TPSA) is 66.1 Å². The third-order valence-electron chi connectivity index (χ3n) is 3.32. The largest absolute Gasteiger partial charge is 0.378 e. The number of aromatic nitrogens is 3. The van der Waals surface area contributed by atoms with E-state index in [2.05, 4.69) is 31.2 Å². The summed E-state index contributed by atoms with van der Waals surface area (Å²) in [6.45, 7) is 6.05.